The van der Waals surface area contributed by atoms with Gasteiger partial charge in [-0.25, -0.2) is 0 Å². The van der Waals surface area contributed by atoms with Crippen LogP contribution in [-0.4, -0.2) is 17.0 Å². The normalized spacial score (nSPS) is 12.8. The van der Waals surface area contributed by atoms with Gasteiger partial charge in [-0.15, -0.1) is 0 Å². The lowest BCUT2D eigenvalue weighted by atomic mass is 9.79. The zero-order valence-electron chi connectivity index (χ0n) is 11.6. The van der Waals surface area contributed by atoms with E-state index in [0.29, 0.717) is 0 Å². The summed E-state index contributed by atoms with van der Waals surface area (Å²) in [5.74, 6) is -2.09. The molecule has 0 aliphatic rings. The van der Waals surface area contributed by atoms with Crippen molar-refractivity contribution in [2.45, 2.75) is 33.8 Å². The molecule has 4 nitrogen and oxygen atoms in total. The highest BCUT2D eigenvalue weighted by Gasteiger charge is 2.34. The number of hydrogen-bond donors (Lipinski definition) is 1. The molecule has 1 aromatic carbocycles. The third-order valence-corrected chi connectivity index (χ3v) is 2.93. The van der Waals surface area contributed by atoms with Gasteiger partial charge >= 0.3 is 11.9 Å². The molecule has 0 heterocycles. The van der Waals surface area contributed by atoms with Crippen molar-refractivity contribution in [3.63, 3.8) is 0 Å². The minimum atomic E-state index is -0.989. The van der Waals surface area contributed by atoms with E-state index in [1.165, 1.54) is 0 Å². The van der Waals surface area contributed by atoms with Gasteiger partial charge in [-0.1, -0.05) is 51.1 Å². The summed E-state index contributed by atoms with van der Waals surface area (Å²) in [5, 5.41) is 8.87. The van der Waals surface area contributed by atoms with Gasteiger partial charge in [0.25, 0.3) is 0 Å². The van der Waals surface area contributed by atoms with Gasteiger partial charge in [0.05, 0.1) is 12.3 Å². The molecule has 104 valence electrons. The van der Waals surface area contributed by atoms with Gasteiger partial charge < -0.3 is 9.84 Å². The Morgan fingerprint density at radius 3 is 2.26 bits per heavy atom. The number of benzene rings is 1. The smallest absolute Gasteiger partial charge is 0.310 e. The lowest BCUT2D eigenvalue weighted by Crippen LogP contribution is -2.32. The van der Waals surface area contributed by atoms with Crippen molar-refractivity contribution in [1.82, 2.24) is 0 Å². The van der Waals surface area contributed by atoms with Gasteiger partial charge in [0, 0.05) is 0 Å². The fourth-order valence-electron chi connectivity index (χ4n) is 1.75. The van der Waals surface area contributed by atoms with Crippen LogP contribution in [0.5, 0.6) is 0 Å². The molecule has 0 amide bonds. The second kappa shape index (κ2) is 6.36. The Kier molecular flexibility index (Phi) is 5.10. The third kappa shape index (κ3) is 5.12. The maximum atomic E-state index is 12.0. The highest BCUT2D eigenvalue weighted by atomic mass is 16.5. The number of rotatable bonds is 5. The Morgan fingerprint density at radius 2 is 1.79 bits per heavy atom. The van der Waals surface area contributed by atoms with Crippen LogP contribution in [0.1, 0.15) is 32.8 Å². The Hall–Kier alpha value is -1.84. The molecule has 0 fully saturated rings. The second-order valence-electron chi connectivity index (χ2n) is 5.61. The number of ether oxygens (including phenoxy) is 1. The summed E-state index contributed by atoms with van der Waals surface area (Å²) < 4.78 is 5.22. The summed E-state index contributed by atoms with van der Waals surface area (Å²) in [7, 11) is 0. The summed E-state index contributed by atoms with van der Waals surface area (Å²) >= 11 is 0. The predicted molar refractivity (Wildman–Crippen MR) is 71.4 cm³/mol. The topological polar surface area (TPSA) is 63.6 Å². The zero-order valence-corrected chi connectivity index (χ0v) is 11.6. The van der Waals surface area contributed by atoms with Crippen molar-refractivity contribution in [2.24, 2.45) is 11.3 Å². The molecular formula is C15H20O4. The van der Waals surface area contributed by atoms with E-state index in [2.05, 4.69) is 0 Å². The highest BCUT2D eigenvalue weighted by Crippen LogP contribution is 2.30. The maximum absolute atomic E-state index is 12.0. The molecule has 1 rings (SSSR count). The monoisotopic (exact) mass is 264 g/mol. The van der Waals surface area contributed by atoms with Crippen molar-refractivity contribution in [1.29, 1.82) is 0 Å². The van der Waals surface area contributed by atoms with Crippen molar-refractivity contribution >= 4 is 11.9 Å². The van der Waals surface area contributed by atoms with Crippen LogP contribution in [0.25, 0.3) is 0 Å². The van der Waals surface area contributed by atoms with Crippen LogP contribution in [0.3, 0.4) is 0 Å². The number of esters is 1. The Labute approximate surface area is 113 Å². The molecule has 1 N–H and O–H groups in total. The second-order valence-corrected chi connectivity index (χ2v) is 5.61. The van der Waals surface area contributed by atoms with E-state index in [4.69, 9.17) is 9.84 Å². The molecule has 0 bridgehead atoms. The van der Waals surface area contributed by atoms with Crippen molar-refractivity contribution in [2.75, 3.05) is 0 Å². The average Bonchev–Trinajstić information content (AvgIpc) is 2.33. The van der Waals surface area contributed by atoms with Crippen LogP contribution in [0.2, 0.25) is 0 Å². The van der Waals surface area contributed by atoms with Gasteiger partial charge in [-0.05, 0) is 11.0 Å². The zero-order chi connectivity index (χ0) is 14.5. The number of carboxylic acids is 1. The molecule has 1 atom stereocenters. The summed E-state index contributed by atoms with van der Waals surface area (Å²) in [6.07, 6.45) is -0.211. The molecule has 0 spiro atoms. The summed E-state index contributed by atoms with van der Waals surface area (Å²) in [5.41, 5.74) is 0.449. The number of hydrogen-bond acceptors (Lipinski definition) is 3. The van der Waals surface area contributed by atoms with E-state index in [1.807, 2.05) is 51.1 Å². The predicted octanol–water partition coefficient (Wildman–Crippen LogP) is 2.87. The molecule has 0 saturated heterocycles. The molecule has 4 heteroatoms. The Balaban J connectivity index is 2.65. The van der Waals surface area contributed by atoms with Gasteiger partial charge in [0.2, 0.25) is 0 Å². The first kappa shape index (κ1) is 15.2. The molecule has 0 saturated carbocycles. The number of carbonyl (C=O) groups excluding carboxylic acids is 1. The fraction of sp³-hybridized carbons (Fsp3) is 0.467. The first-order valence-electron chi connectivity index (χ1n) is 6.23. The van der Waals surface area contributed by atoms with Gasteiger partial charge in [0.1, 0.15) is 6.61 Å². The molecule has 19 heavy (non-hydrogen) atoms. The first-order chi connectivity index (χ1) is 8.80. The summed E-state index contributed by atoms with van der Waals surface area (Å²) in [6.45, 7) is 5.69. The molecule has 0 aliphatic heterocycles. The minimum absolute atomic E-state index is 0.172. The van der Waals surface area contributed by atoms with Crippen LogP contribution >= 0.6 is 0 Å². The van der Waals surface area contributed by atoms with Crippen molar-refractivity contribution in [3.05, 3.63) is 35.9 Å². The van der Waals surface area contributed by atoms with E-state index in [-0.39, 0.29) is 13.0 Å². The molecule has 0 aliphatic carbocycles. The molecule has 1 aromatic rings. The van der Waals surface area contributed by atoms with E-state index in [0.717, 1.165) is 5.56 Å². The maximum Gasteiger partial charge on any atom is 0.310 e. The van der Waals surface area contributed by atoms with E-state index in [9.17, 15) is 9.59 Å². The largest absolute Gasteiger partial charge is 0.481 e. The van der Waals surface area contributed by atoms with E-state index in [1.54, 1.807) is 0 Å². The molecule has 0 unspecified atom stereocenters. The first-order valence-corrected chi connectivity index (χ1v) is 6.23. The average molecular weight is 264 g/mol. The van der Waals surface area contributed by atoms with Gasteiger partial charge in [-0.3, -0.25) is 9.59 Å². The molecular weight excluding hydrogens is 244 g/mol. The quantitative estimate of drug-likeness (QED) is 0.830. The van der Waals surface area contributed by atoms with Crippen LogP contribution in [0.15, 0.2) is 30.3 Å². The SMILES string of the molecule is CC(C)(C)[C@H](CC(=O)O)C(=O)OCc1ccccc1. The molecule has 0 aromatic heterocycles. The fourth-order valence-corrected chi connectivity index (χ4v) is 1.75. The number of carbonyl (C=O) groups is 2. The highest BCUT2D eigenvalue weighted by molar-refractivity contribution is 5.79. The van der Waals surface area contributed by atoms with Gasteiger partial charge in [0.15, 0.2) is 0 Å². The van der Waals surface area contributed by atoms with Crippen LogP contribution < -0.4 is 0 Å². The van der Waals surface area contributed by atoms with Crippen molar-refractivity contribution in [3.8, 4) is 0 Å². The third-order valence-electron chi connectivity index (χ3n) is 2.93. The van der Waals surface area contributed by atoms with Crippen LogP contribution in [-0.2, 0) is 20.9 Å². The van der Waals surface area contributed by atoms with Crippen molar-refractivity contribution < 1.29 is 19.4 Å². The number of carboxylic acid groups (broad SMARTS) is 1. The lowest BCUT2D eigenvalue weighted by molar-refractivity contribution is -0.158. The van der Waals surface area contributed by atoms with E-state index >= 15 is 0 Å². The Bertz CT molecular complexity index is 431. The summed E-state index contributed by atoms with van der Waals surface area (Å²) in [4.78, 5) is 22.8. The summed E-state index contributed by atoms with van der Waals surface area (Å²) in [6, 6.07) is 9.32. The minimum Gasteiger partial charge on any atom is -0.481 e. The van der Waals surface area contributed by atoms with E-state index < -0.39 is 23.3 Å². The Morgan fingerprint density at radius 1 is 1.21 bits per heavy atom. The lowest BCUT2D eigenvalue weighted by Gasteiger charge is -2.27. The number of aliphatic carboxylic acids is 1. The molecule has 0 radical (unpaired) electrons. The van der Waals surface area contributed by atoms with Crippen LogP contribution in [0.4, 0.5) is 0 Å². The van der Waals surface area contributed by atoms with Crippen LogP contribution in [0, 0.1) is 11.3 Å². The standard InChI is InChI=1S/C15H20O4/c1-15(2,3)12(9-13(16)17)14(18)19-10-11-7-5-4-6-8-11/h4-8,12H,9-10H2,1-3H3,(H,16,17)/t12-/m1/s1. The van der Waals surface area contributed by atoms with Gasteiger partial charge in [-0.2, -0.15) is 0 Å².